The summed E-state index contributed by atoms with van der Waals surface area (Å²) in [6, 6.07) is 27.1. The van der Waals surface area contributed by atoms with Gasteiger partial charge in [0, 0.05) is 0 Å². The Balaban J connectivity index is 1.60. The Bertz CT molecular complexity index is 1150. The lowest BCUT2D eigenvalue weighted by Crippen LogP contribution is -1.85. The smallest absolute Gasteiger partial charge is 0.000706 e. The highest BCUT2D eigenvalue weighted by molar-refractivity contribution is 5.96. The third-order valence-electron chi connectivity index (χ3n) is 5.72. The van der Waals surface area contributed by atoms with Crippen LogP contribution in [0.4, 0.5) is 0 Å². The largest absolute Gasteiger partial charge is 0.0619 e. The molecule has 24 heavy (non-hydrogen) atoms. The zero-order valence-corrected chi connectivity index (χ0v) is 13.3. The first-order valence-electron chi connectivity index (χ1n) is 8.63. The van der Waals surface area contributed by atoms with Crippen molar-refractivity contribution in [3.63, 3.8) is 0 Å². The van der Waals surface area contributed by atoms with Gasteiger partial charge in [0.05, 0.1) is 0 Å². The molecule has 0 aromatic heterocycles. The topological polar surface area (TPSA) is 0 Å². The van der Waals surface area contributed by atoms with Gasteiger partial charge in [-0.25, -0.2) is 0 Å². The van der Waals surface area contributed by atoms with Gasteiger partial charge < -0.3 is 0 Å². The molecule has 112 valence electrons. The molecule has 0 nitrogen and oxygen atoms in total. The van der Waals surface area contributed by atoms with E-state index < -0.39 is 0 Å². The van der Waals surface area contributed by atoms with Crippen molar-refractivity contribution in [3.8, 4) is 22.3 Å². The zero-order chi connectivity index (χ0) is 15.7. The maximum Gasteiger partial charge on any atom is -0.000706 e. The van der Waals surface area contributed by atoms with Crippen LogP contribution < -0.4 is 0 Å². The van der Waals surface area contributed by atoms with E-state index in [2.05, 4.69) is 72.8 Å². The van der Waals surface area contributed by atoms with E-state index in [1.165, 1.54) is 55.3 Å². The number of hydrogen-bond donors (Lipinski definition) is 0. The van der Waals surface area contributed by atoms with Crippen molar-refractivity contribution in [2.45, 2.75) is 12.8 Å². The van der Waals surface area contributed by atoms with Crippen molar-refractivity contribution in [1.29, 1.82) is 0 Å². The van der Waals surface area contributed by atoms with Crippen LogP contribution in [-0.2, 0) is 12.8 Å². The standard InChI is InChI=1S/C24H16/c1-3-7-19-15(5-1)9-10-21-23-12-17-11-16-6-2-4-8-20(16)22(17)13-18(23)14-24(19)21/h1-10,12-13H,11,14H2. The monoisotopic (exact) mass is 304 g/mol. The molecular formula is C24H16. The molecule has 0 bridgehead atoms. The van der Waals surface area contributed by atoms with Crippen molar-refractivity contribution < 1.29 is 0 Å². The molecule has 0 aliphatic heterocycles. The van der Waals surface area contributed by atoms with Gasteiger partial charge in [0.15, 0.2) is 0 Å². The van der Waals surface area contributed by atoms with Crippen LogP contribution in [0.25, 0.3) is 33.0 Å². The highest BCUT2D eigenvalue weighted by Crippen LogP contribution is 2.46. The van der Waals surface area contributed by atoms with Crippen molar-refractivity contribution in [2.24, 2.45) is 0 Å². The summed E-state index contributed by atoms with van der Waals surface area (Å²) in [6.07, 6.45) is 2.13. The van der Waals surface area contributed by atoms with Crippen LogP contribution in [0.5, 0.6) is 0 Å². The molecule has 0 N–H and O–H groups in total. The molecule has 0 unspecified atom stereocenters. The summed E-state index contributed by atoms with van der Waals surface area (Å²) < 4.78 is 0. The normalized spacial score (nSPS) is 13.5. The van der Waals surface area contributed by atoms with Gasteiger partial charge in [-0.1, -0.05) is 60.7 Å². The SMILES string of the molecule is c1ccc2c(c1)Cc1cc3c(cc1-2)Cc1c-3ccc2ccccc12. The molecule has 0 saturated carbocycles. The molecule has 4 aromatic carbocycles. The molecule has 0 heterocycles. The Morgan fingerprint density at radius 3 is 2.21 bits per heavy atom. The van der Waals surface area contributed by atoms with Crippen LogP contribution in [0.15, 0.2) is 72.8 Å². The van der Waals surface area contributed by atoms with Crippen LogP contribution in [0.2, 0.25) is 0 Å². The summed E-state index contributed by atoms with van der Waals surface area (Å²) in [7, 11) is 0. The fourth-order valence-electron chi connectivity index (χ4n) is 4.59. The van der Waals surface area contributed by atoms with Crippen molar-refractivity contribution in [1.82, 2.24) is 0 Å². The van der Waals surface area contributed by atoms with E-state index in [1.54, 1.807) is 0 Å². The minimum Gasteiger partial charge on any atom is -0.0619 e. The zero-order valence-electron chi connectivity index (χ0n) is 13.3. The summed E-state index contributed by atoms with van der Waals surface area (Å²) in [4.78, 5) is 0. The minimum atomic E-state index is 1.06. The Hall–Kier alpha value is -2.86. The summed E-state index contributed by atoms with van der Waals surface area (Å²) >= 11 is 0. The molecular weight excluding hydrogens is 288 g/mol. The van der Waals surface area contributed by atoms with Crippen LogP contribution in [-0.4, -0.2) is 0 Å². The van der Waals surface area contributed by atoms with E-state index in [-0.39, 0.29) is 0 Å². The average Bonchev–Trinajstić information content (AvgIpc) is 3.17. The summed E-state index contributed by atoms with van der Waals surface area (Å²) in [6.45, 7) is 0. The van der Waals surface area contributed by atoms with E-state index in [0.717, 1.165) is 12.8 Å². The maximum atomic E-state index is 2.45. The molecule has 0 radical (unpaired) electrons. The number of rotatable bonds is 0. The van der Waals surface area contributed by atoms with Crippen molar-refractivity contribution >= 4 is 10.8 Å². The average molecular weight is 304 g/mol. The second kappa shape index (κ2) is 4.36. The van der Waals surface area contributed by atoms with E-state index in [0.29, 0.717) is 0 Å². The molecule has 0 heteroatoms. The Morgan fingerprint density at radius 1 is 0.500 bits per heavy atom. The quantitative estimate of drug-likeness (QED) is 0.324. The number of hydrogen-bond acceptors (Lipinski definition) is 0. The van der Waals surface area contributed by atoms with Crippen molar-refractivity contribution in [3.05, 3.63) is 95.1 Å². The highest BCUT2D eigenvalue weighted by atomic mass is 14.3. The summed E-state index contributed by atoms with van der Waals surface area (Å²) in [5.74, 6) is 0. The third-order valence-corrected chi connectivity index (χ3v) is 5.72. The predicted molar refractivity (Wildman–Crippen MR) is 100 cm³/mol. The molecule has 2 aliphatic carbocycles. The first-order chi connectivity index (χ1) is 11.9. The molecule has 0 saturated heterocycles. The molecule has 0 amide bonds. The first-order valence-corrected chi connectivity index (χ1v) is 8.63. The van der Waals surface area contributed by atoms with E-state index in [4.69, 9.17) is 0 Å². The second-order valence-electron chi connectivity index (χ2n) is 6.99. The lowest BCUT2D eigenvalue weighted by Gasteiger charge is -2.07. The van der Waals surface area contributed by atoms with Crippen LogP contribution in [0, 0.1) is 0 Å². The fourth-order valence-corrected chi connectivity index (χ4v) is 4.59. The molecule has 6 rings (SSSR count). The van der Waals surface area contributed by atoms with Crippen LogP contribution >= 0.6 is 0 Å². The lowest BCUT2D eigenvalue weighted by molar-refractivity contribution is 1.25. The Kier molecular flexibility index (Phi) is 2.28. The Morgan fingerprint density at radius 2 is 1.25 bits per heavy atom. The molecule has 0 spiro atoms. The molecule has 0 atom stereocenters. The van der Waals surface area contributed by atoms with Gasteiger partial charge >= 0.3 is 0 Å². The highest BCUT2D eigenvalue weighted by Gasteiger charge is 2.25. The maximum absolute atomic E-state index is 2.45. The van der Waals surface area contributed by atoms with Gasteiger partial charge in [0.2, 0.25) is 0 Å². The molecule has 2 aliphatic rings. The fraction of sp³-hybridized carbons (Fsp3) is 0.0833. The van der Waals surface area contributed by atoms with E-state index in [1.807, 2.05) is 0 Å². The number of fused-ring (bicyclic) bond motifs is 8. The van der Waals surface area contributed by atoms with E-state index in [9.17, 15) is 0 Å². The first kappa shape index (κ1) is 12.5. The van der Waals surface area contributed by atoms with Gasteiger partial charge in [-0.05, 0) is 80.3 Å². The minimum absolute atomic E-state index is 1.06. The third kappa shape index (κ3) is 1.53. The second-order valence-corrected chi connectivity index (χ2v) is 6.99. The van der Waals surface area contributed by atoms with Gasteiger partial charge in [-0.3, -0.25) is 0 Å². The van der Waals surface area contributed by atoms with Gasteiger partial charge in [0.1, 0.15) is 0 Å². The summed E-state index contributed by atoms with van der Waals surface area (Å²) in [5.41, 5.74) is 11.7. The molecule has 0 fully saturated rings. The lowest BCUT2D eigenvalue weighted by atomic mass is 9.97. The Labute approximate surface area is 141 Å². The van der Waals surface area contributed by atoms with Crippen molar-refractivity contribution in [2.75, 3.05) is 0 Å². The van der Waals surface area contributed by atoms with E-state index >= 15 is 0 Å². The van der Waals surface area contributed by atoms with Gasteiger partial charge in [-0.15, -0.1) is 0 Å². The van der Waals surface area contributed by atoms with Crippen LogP contribution in [0.3, 0.4) is 0 Å². The molecule has 4 aromatic rings. The summed E-state index contributed by atoms with van der Waals surface area (Å²) in [5, 5.41) is 2.76. The van der Waals surface area contributed by atoms with Gasteiger partial charge in [0.25, 0.3) is 0 Å². The number of benzene rings is 4. The predicted octanol–water partition coefficient (Wildman–Crippen LogP) is 5.98. The van der Waals surface area contributed by atoms with Crippen LogP contribution in [0.1, 0.15) is 22.3 Å². The van der Waals surface area contributed by atoms with Gasteiger partial charge in [-0.2, -0.15) is 0 Å².